The molecule has 0 saturated heterocycles. The topological polar surface area (TPSA) is 119 Å². The number of alkyl carbamates (subject to hydrolysis) is 1. The maximum atomic E-state index is 12.0. The van der Waals surface area contributed by atoms with E-state index < -0.39 is 21.8 Å². The highest BCUT2D eigenvalue weighted by Crippen LogP contribution is 2.12. The second-order valence-corrected chi connectivity index (χ2v) is 9.94. The molecule has 1 rings (SSSR count). The first-order valence-electron chi connectivity index (χ1n) is 11.3. The lowest BCUT2D eigenvalue weighted by molar-refractivity contribution is -0.00459. The smallest absolute Gasteiger partial charge is 0.407 e. The van der Waals surface area contributed by atoms with E-state index in [-0.39, 0.29) is 18.1 Å². The van der Waals surface area contributed by atoms with Gasteiger partial charge in [0.05, 0.1) is 57.8 Å². The van der Waals surface area contributed by atoms with E-state index in [0.29, 0.717) is 59.2 Å². The van der Waals surface area contributed by atoms with Crippen LogP contribution in [-0.4, -0.2) is 86.1 Å². The quantitative estimate of drug-likeness (QED) is 0.237. The Labute approximate surface area is 203 Å². The minimum atomic E-state index is -3.77. The van der Waals surface area contributed by atoms with Gasteiger partial charge >= 0.3 is 6.09 Å². The monoisotopic (exact) mass is 505 g/mol. The van der Waals surface area contributed by atoms with E-state index in [9.17, 15) is 13.2 Å². The molecule has 0 unspecified atom stereocenters. The molecule has 1 amide bonds. The van der Waals surface area contributed by atoms with Crippen molar-refractivity contribution >= 4 is 16.2 Å². The Morgan fingerprint density at radius 1 is 0.794 bits per heavy atom. The number of hydrogen-bond donors (Lipinski definition) is 1. The molecule has 0 spiro atoms. The molecule has 0 aliphatic rings. The SMILES string of the molecule is Cc1ccc(S(=O)(=O)OCCOCCOCCOCCOCCCNC(=O)OC(C)(C)C)cc1. The van der Waals surface area contributed by atoms with Crippen LogP contribution in [0.3, 0.4) is 0 Å². The summed E-state index contributed by atoms with van der Waals surface area (Å²) in [5.41, 5.74) is 0.472. The van der Waals surface area contributed by atoms with Crippen molar-refractivity contribution in [1.82, 2.24) is 5.32 Å². The Hall–Kier alpha value is -1.76. The lowest BCUT2D eigenvalue weighted by Crippen LogP contribution is -2.33. The van der Waals surface area contributed by atoms with Crippen molar-refractivity contribution < 1.29 is 41.1 Å². The molecule has 10 nitrogen and oxygen atoms in total. The van der Waals surface area contributed by atoms with Gasteiger partial charge in [-0.05, 0) is 46.2 Å². The number of hydrogen-bond acceptors (Lipinski definition) is 9. The van der Waals surface area contributed by atoms with Crippen LogP contribution < -0.4 is 5.32 Å². The lowest BCUT2D eigenvalue weighted by Gasteiger charge is -2.19. The second kappa shape index (κ2) is 16.8. The maximum Gasteiger partial charge on any atom is 0.407 e. The van der Waals surface area contributed by atoms with Gasteiger partial charge in [-0.1, -0.05) is 17.7 Å². The number of rotatable bonds is 18. The Bertz CT molecular complexity index is 777. The highest BCUT2D eigenvalue weighted by Gasteiger charge is 2.15. The average molecular weight is 506 g/mol. The first-order chi connectivity index (χ1) is 16.1. The van der Waals surface area contributed by atoms with Crippen LogP contribution in [0.15, 0.2) is 29.2 Å². The molecule has 0 radical (unpaired) electrons. The van der Waals surface area contributed by atoms with Crippen LogP contribution >= 0.6 is 0 Å². The van der Waals surface area contributed by atoms with E-state index in [1.807, 2.05) is 27.7 Å². The van der Waals surface area contributed by atoms with Crippen molar-refractivity contribution in [3.05, 3.63) is 29.8 Å². The summed E-state index contributed by atoms with van der Waals surface area (Å²) in [7, 11) is -3.77. The summed E-state index contributed by atoms with van der Waals surface area (Å²) < 4.78 is 55.6. The average Bonchev–Trinajstić information content (AvgIpc) is 2.75. The van der Waals surface area contributed by atoms with Gasteiger partial charge in [-0.3, -0.25) is 4.18 Å². The number of amides is 1. The van der Waals surface area contributed by atoms with Gasteiger partial charge in [0, 0.05) is 13.2 Å². The molecule has 0 bridgehead atoms. The Morgan fingerprint density at radius 3 is 1.76 bits per heavy atom. The third-order valence-electron chi connectivity index (χ3n) is 4.03. The lowest BCUT2D eigenvalue weighted by atomic mass is 10.2. The van der Waals surface area contributed by atoms with Gasteiger partial charge in [-0.2, -0.15) is 8.42 Å². The third-order valence-corrected chi connectivity index (χ3v) is 5.35. The molecule has 0 aliphatic heterocycles. The van der Waals surface area contributed by atoms with Crippen molar-refractivity contribution in [2.75, 3.05) is 66.0 Å². The molecule has 1 aromatic carbocycles. The molecular formula is C23H39NO9S. The summed E-state index contributed by atoms with van der Waals surface area (Å²) in [6.07, 6.45) is 0.256. The summed E-state index contributed by atoms with van der Waals surface area (Å²) in [4.78, 5) is 11.6. The molecule has 1 aromatic rings. The first kappa shape index (κ1) is 30.3. The number of carbonyl (C=O) groups excluding carboxylic acids is 1. The van der Waals surface area contributed by atoms with E-state index in [1.165, 1.54) is 12.1 Å². The van der Waals surface area contributed by atoms with Crippen LogP contribution in [0.2, 0.25) is 0 Å². The van der Waals surface area contributed by atoms with E-state index in [4.69, 9.17) is 27.9 Å². The Balaban J connectivity index is 1.84. The Kier molecular flexibility index (Phi) is 15.0. The number of benzene rings is 1. The predicted molar refractivity (Wildman–Crippen MR) is 126 cm³/mol. The van der Waals surface area contributed by atoms with Crippen LogP contribution in [0.5, 0.6) is 0 Å². The van der Waals surface area contributed by atoms with Gasteiger partial charge in [0.1, 0.15) is 5.60 Å². The molecule has 11 heteroatoms. The van der Waals surface area contributed by atoms with E-state index in [2.05, 4.69) is 5.32 Å². The van der Waals surface area contributed by atoms with Gasteiger partial charge in [0.25, 0.3) is 10.1 Å². The van der Waals surface area contributed by atoms with Crippen LogP contribution in [-0.2, 0) is 38.0 Å². The van der Waals surface area contributed by atoms with Gasteiger partial charge in [0.15, 0.2) is 0 Å². The molecular weight excluding hydrogens is 466 g/mol. The molecule has 0 aromatic heterocycles. The number of nitrogens with one attached hydrogen (secondary N) is 1. The van der Waals surface area contributed by atoms with E-state index >= 15 is 0 Å². The van der Waals surface area contributed by atoms with Crippen LogP contribution in [0.25, 0.3) is 0 Å². The van der Waals surface area contributed by atoms with Crippen LogP contribution in [0.1, 0.15) is 32.8 Å². The zero-order valence-electron chi connectivity index (χ0n) is 20.7. The zero-order chi connectivity index (χ0) is 25.3. The van der Waals surface area contributed by atoms with Gasteiger partial charge in [-0.15, -0.1) is 0 Å². The second-order valence-electron chi connectivity index (χ2n) is 8.32. The summed E-state index contributed by atoms with van der Waals surface area (Å²) >= 11 is 0. The maximum absolute atomic E-state index is 12.0. The van der Waals surface area contributed by atoms with Crippen LogP contribution in [0, 0.1) is 6.92 Å². The fraction of sp³-hybridized carbons (Fsp3) is 0.696. The fourth-order valence-electron chi connectivity index (χ4n) is 2.42. The van der Waals surface area contributed by atoms with Gasteiger partial charge in [0.2, 0.25) is 0 Å². The largest absolute Gasteiger partial charge is 0.444 e. The highest BCUT2D eigenvalue weighted by molar-refractivity contribution is 7.86. The minimum Gasteiger partial charge on any atom is -0.444 e. The molecule has 0 fully saturated rings. The minimum absolute atomic E-state index is 0.0591. The predicted octanol–water partition coefficient (Wildman–Crippen LogP) is 2.68. The zero-order valence-corrected chi connectivity index (χ0v) is 21.5. The summed E-state index contributed by atoms with van der Waals surface area (Å²) in [5, 5.41) is 2.67. The normalized spacial score (nSPS) is 12.0. The van der Waals surface area contributed by atoms with E-state index in [0.717, 1.165) is 5.56 Å². The van der Waals surface area contributed by atoms with Gasteiger partial charge in [-0.25, -0.2) is 4.79 Å². The van der Waals surface area contributed by atoms with Crippen molar-refractivity contribution in [2.24, 2.45) is 0 Å². The van der Waals surface area contributed by atoms with Gasteiger partial charge < -0.3 is 29.0 Å². The van der Waals surface area contributed by atoms with Crippen molar-refractivity contribution in [3.8, 4) is 0 Å². The molecule has 0 heterocycles. The summed E-state index contributed by atoms with van der Waals surface area (Å²) in [5.74, 6) is 0. The van der Waals surface area contributed by atoms with Crippen molar-refractivity contribution in [3.63, 3.8) is 0 Å². The fourth-order valence-corrected chi connectivity index (χ4v) is 3.31. The first-order valence-corrected chi connectivity index (χ1v) is 12.7. The van der Waals surface area contributed by atoms with E-state index in [1.54, 1.807) is 12.1 Å². The van der Waals surface area contributed by atoms with Crippen molar-refractivity contribution in [1.29, 1.82) is 0 Å². The third kappa shape index (κ3) is 16.0. The Morgan fingerprint density at radius 2 is 1.26 bits per heavy atom. The highest BCUT2D eigenvalue weighted by atomic mass is 32.2. The molecule has 196 valence electrons. The molecule has 0 saturated carbocycles. The summed E-state index contributed by atoms with van der Waals surface area (Å²) in [6.45, 7) is 10.9. The number of carbonyl (C=O) groups is 1. The summed E-state index contributed by atoms with van der Waals surface area (Å²) in [6, 6.07) is 6.46. The number of aryl methyl sites for hydroxylation is 1. The molecule has 0 aliphatic carbocycles. The van der Waals surface area contributed by atoms with Crippen molar-refractivity contribution in [2.45, 2.75) is 44.6 Å². The molecule has 0 atom stereocenters. The van der Waals surface area contributed by atoms with Crippen LogP contribution in [0.4, 0.5) is 4.79 Å². The number of ether oxygens (including phenoxy) is 5. The molecule has 34 heavy (non-hydrogen) atoms. The standard InChI is InChI=1S/C23H39NO9S/c1-20-6-8-21(9-7-20)34(26,27)32-19-18-31-17-16-30-15-14-29-13-12-28-11-5-10-24-22(25)33-23(2,3)4/h6-9H,5,10-19H2,1-4H3,(H,24,25). The molecule has 1 N–H and O–H groups in total.